The first-order valence-corrected chi connectivity index (χ1v) is 11.1. The van der Waals surface area contributed by atoms with Crippen molar-refractivity contribution in [3.63, 3.8) is 0 Å². The Balaban J connectivity index is 1.66. The smallest absolute Gasteiger partial charge is 0.0128 e. The first kappa shape index (κ1) is 17.7. The van der Waals surface area contributed by atoms with Crippen LogP contribution in [0.3, 0.4) is 0 Å². The molecule has 30 heavy (non-hydrogen) atoms. The van der Waals surface area contributed by atoms with E-state index in [1.54, 1.807) is 0 Å². The van der Waals surface area contributed by atoms with Crippen LogP contribution in [0, 0.1) is 11.8 Å². The summed E-state index contributed by atoms with van der Waals surface area (Å²) in [6.07, 6.45) is 18.4. The highest BCUT2D eigenvalue weighted by atomic mass is 14.4. The quantitative estimate of drug-likeness (QED) is 0.473. The lowest BCUT2D eigenvalue weighted by molar-refractivity contribution is 0.644. The predicted molar refractivity (Wildman–Crippen MR) is 127 cm³/mol. The first-order chi connectivity index (χ1) is 14.8. The molecule has 4 atom stereocenters. The van der Waals surface area contributed by atoms with Crippen molar-refractivity contribution in [2.75, 3.05) is 0 Å². The number of allylic oxidation sites excluding steroid dienone is 12. The Bertz CT molecular complexity index is 1130. The fourth-order valence-electron chi connectivity index (χ4n) is 6.09. The van der Waals surface area contributed by atoms with Crippen molar-refractivity contribution in [1.82, 2.24) is 0 Å². The van der Waals surface area contributed by atoms with Crippen LogP contribution in [-0.2, 0) is 0 Å². The average molecular weight is 387 g/mol. The van der Waals surface area contributed by atoms with E-state index in [0.717, 1.165) is 0 Å². The summed E-state index contributed by atoms with van der Waals surface area (Å²) in [7, 11) is 0. The van der Waals surface area contributed by atoms with Crippen LogP contribution in [0.1, 0.15) is 47.9 Å². The minimum absolute atomic E-state index is 0.437. The minimum Gasteiger partial charge on any atom is -0.0764 e. The van der Waals surface area contributed by atoms with E-state index in [1.807, 2.05) is 0 Å². The van der Waals surface area contributed by atoms with Gasteiger partial charge in [-0.05, 0) is 47.2 Å². The Hall–Kier alpha value is -3.12. The Morgan fingerprint density at radius 1 is 0.467 bits per heavy atom. The molecule has 146 valence electrons. The number of benzene rings is 2. The van der Waals surface area contributed by atoms with Crippen molar-refractivity contribution in [2.24, 2.45) is 11.8 Å². The zero-order valence-electron chi connectivity index (χ0n) is 17.5. The van der Waals surface area contributed by atoms with E-state index in [2.05, 4.69) is 111 Å². The van der Waals surface area contributed by atoms with Gasteiger partial charge in [-0.2, -0.15) is 0 Å². The molecule has 4 unspecified atom stereocenters. The van der Waals surface area contributed by atoms with Gasteiger partial charge in [0.1, 0.15) is 0 Å². The molecule has 4 aliphatic carbocycles. The molecule has 0 heterocycles. The van der Waals surface area contributed by atoms with Crippen LogP contribution in [0.25, 0.3) is 11.1 Å². The molecule has 0 spiro atoms. The van der Waals surface area contributed by atoms with Gasteiger partial charge in [0.25, 0.3) is 0 Å². The topological polar surface area (TPSA) is 0 Å². The largest absolute Gasteiger partial charge is 0.0764 e. The van der Waals surface area contributed by atoms with Gasteiger partial charge in [0, 0.05) is 23.7 Å². The molecule has 6 rings (SSSR count). The molecule has 4 aliphatic rings. The second-order valence-electron chi connectivity index (χ2n) is 8.93. The molecule has 0 nitrogen and oxygen atoms in total. The second kappa shape index (κ2) is 6.71. The molecular formula is C30H26. The van der Waals surface area contributed by atoms with Crippen LogP contribution in [0.2, 0.25) is 0 Å². The first-order valence-electron chi connectivity index (χ1n) is 11.1. The number of rotatable bonds is 1. The SMILES string of the molecule is CC1=C(C2=C(C)C3C=CC=CC3c3ccccc32)c2ccccc2C2C=CC=CC12. The molecule has 0 heteroatoms. The molecule has 2 aromatic rings. The molecule has 0 bridgehead atoms. The second-order valence-corrected chi connectivity index (χ2v) is 8.93. The van der Waals surface area contributed by atoms with Crippen molar-refractivity contribution < 1.29 is 0 Å². The summed E-state index contributed by atoms with van der Waals surface area (Å²) in [5, 5.41) is 0. The molecule has 2 aromatic carbocycles. The van der Waals surface area contributed by atoms with E-state index in [1.165, 1.54) is 44.5 Å². The standard InChI is InChI=1S/C30H26/c1-19-21-11-3-5-13-23(21)25-15-7-9-17-27(25)29(19)30-20(2)22-12-4-6-14-24(22)26-16-8-10-18-28(26)30/h3-18,21-24H,1-2H3. The van der Waals surface area contributed by atoms with E-state index < -0.39 is 0 Å². The molecule has 0 fully saturated rings. The molecule has 0 saturated heterocycles. The van der Waals surface area contributed by atoms with Crippen LogP contribution >= 0.6 is 0 Å². The van der Waals surface area contributed by atoms with Gasteiger partial charge in [-0.25, -0.2) is 0 Å². The monoisotopic (exact) mass is 386 g/mol. The lowest BCUT2D eigenvalue weighted by atomic mass is 9.64. The molecule has 0 radical (unpaired) electrons. The van der Waals surface area contributed by atoms with E-state index in [-0.39, 0.29) is 0 Å². The highest BCUT2D eigenvalue weighted by Gasteiger charge is 2.37. The third kappa shape index (κ3) is 2.40. The van der Waals surface area contributed by atoms with Gasteiger partial charge < -0.3 is 0 Å². The van der Waals surface area contributed by atoms with E-state index in [4.69, 9.17) is 0 Å². The number of hydrogen-bond acceptors (Lipinski definition) is 0. The normalized spacial score (nSPS) is 28.2. The van der Waals surface area contributed by atoms with Gasteiger partial charge in [-0.3, -0.25) is 0 Å². The molecule has 0 saturated carbocycles. The molecule has 0 amide bonds. The fourth-order valence-corrected chi connectivity index (χ4v) is 6.09. The maximum Gasteiger partial charge on any atom is 0.0128 e. The summed E-state index contributed by atoms with van der Waals surface area (Å²) in [6, 6.07) is 18.1. The van der Waals surface area contributed by atoms with Crippen LogP contribution in [-0.4, -0.2) is 0 Å². The lowest BCUT2D eigenvalue weighted by Gasteiger charge is -2.40. The Morgan fingerprint density at radius 3 is 1.27 bits per heavy atom. The maximum atomic E-state index is 2.40. The summed E-state index contributed by atoms with van der Waals surface area (Å²) in [5.74, 6) is 1.76. The highest BCUT2D eigenvalue weighted by Crippen LogP contribution is 2.54. The van der Waals surface area contributed by atoms with Crippen molar-refractivity contribution in [3.8, 4) is 0 Å². The predicted octanol–water partition coefficient (Wildman–Crippen LogP) is 7.61. The summed E-state index contributed by atoms with van der Waals surface area (Å²) >= 11 is 0. The van der Waals surface area contributed by atoms with Crippen molar-refractivity contribution in [2.45, 2.75) is 25.7 Å². The van der Waals surface area contributed by atoms with Crippen LogP contribution in [0.5, 0.6) is 0 Å². The van der Waals surface area contributed by atoms with Gasteiger partial charge in [-0.1, -0.05) is 108 Å². The van der Waals surface area contributed by atoms with Gasteiger partial charge in [0.2, 0.25) is 0 Å². The van der Waals surface area contributed by atoms with Crippen LogP contribution in [0.4, 0.5) is 0 Å². The van der Waals surface area contributed by atoms with Crippen molar-refractivity contribution in [3.05, 3.63) is 131 Å². The maximum absolute atomic E-state index is 2.40. The summed E-state index contributed by atoms with van der Waals surface area (Å²) < 4.78 is 0. The van der Waals surface area contributed by atoms with E-state index in [0.29, 0.717) is 23.7 Å². The van der Waals surface area contributed by atoms with E-state index >= 15 is 0 Å². The van der Waals surface area contributed by atoms with Gasteiger partial charge in [0.05, 0.1) is 0 Å². The third-order valence-electron chi connectivity index (χ3n) is 7.49. The molecular weight excluding hydrogens is 360 g/mol. The summed E-state index contributed by atoms with van der Waals surface area (Å²) in [5.41, 5.74) is 11.7. The Kier molecular flexibility index (Phi) is 3.96. The van der Waals surface area contributed by atoms with Crippen molar-refractivity contribution in [1.29, 1.82) is 0 Å². The number of hydrogen-bond donors (Lipinski definition) is 0. The Labute approximate surface area is 179 Å². The summed E-state index contributed by atoms with van der Waals surface area (Å²) in [4.78, 5) is 0. The highest BCUT2D eigenvalue weighted by molar-refractivity contribution is 6.10. The Morgan fingerprint density at radius 2 is 0.833 bits per heavy atom. The minimum atomic E-state index is 0.437. The molecule has 0 N–H and O–H groups in total. The number of fused-ring (bicyclic) bond motifs is 6. The zero-order chi connectivity index (χ0) is 20.2. The average Bonchev–Trinajstić information content (AvgIpc) is 2.81. The van der Waals surface area contributed by atoms with Crippen LogP contribution in [0.15, 0.2) is 108 Å². The van der Waals surface area contributed by atoms with Gasteiger partial charge >= 0.3 is 0 Å². The lowest BCUT2D eigenvalue weighted by Crippen LogP contribution is -2.24. The van der Waals surface area contributed by atoms with E-state index in [9.17, 15) is 0 Å². The van der Waals surface area contributed by atoms with Crippen molar-refractivity contribution >= 4 is 11.1 Å². The summed E-state index contributed by atoms with van der Waals surface area (Å²) in [6.45, 7) is 4.72. The fraction of sp³-hybridized carbons (Fsp3) is 0.200. The molecule has 0 aromatic heterocycles. The third-order valence-corrected chi connectivity index (χ3v) is 7.49. The van der Waals surface area contributed by atoms with Gasteiger partial charge in [-0.15, -0.1) is 0 Å². The zero-order valence-corrected chi connectivity index (χ0v) is 17.5. The van der Waals surface area contributed by atoms with Gasteiger partial charge in [0.15, 0.2) is 0 Å². The molecule has 0 aliphatic heterocycles. The van der Waals surface area contributed by atoms with Crippen LogP contribution < -0.4 is 0 Å².